The van der Waals surface area contributed by atoms with E-state index in [-0.39, 0.29) is 6.03 Å². The van der Waals surface area contributed by atoms with Crippen molar-refractivity contribution in [1.29, 1.82) is 0 Å². The fourth-order valence-corrected chi connectivity index (χ4v) is 4.28. The topological polar surface area (TPSA) is 69.6 Å². The molecule has 5 heteroatoms. The van der Waals surface area contributed by atoms with Crippen LogP contribution in [0, 0.1) is 23.2 Å². The molecule has 124 valence electrons. The van der Waals surface area contributed by atoms with Crippen molar-refractivity contribution >= 4 is 12.0 Å². The number of amides is 2. The van der Waals surface area contributed by atoms with Crippen LogP contribution < -0.4 is 5.32 Å². The lowest BCUT2D eigenvalue weighted by molar-refractivity contribution is -0.146. The monoisotopic (exact) mass is 308 g/mol. The quantitative estimate of drug-likeness (QED) is 0.839. The predicted molar refractivity (Wildman–Crippen MR) is 83.5 cm³/mol. The van der Waals surface area contributed by atoms with Gasteiger partial charge >= 0.3 is 12.0 Å². The maximum atomic E-state index is 12.2. The van der Waals surface area contributed by atoms with Gasteiger partial charge in [-0.1, -0.05) is 32.1 Å². The van der Waals surface area contributed by atoms with Gasteiger partial charge in [0.2, 0.25) is 0 Å². The Morgan fingerprint density at radius 2 is 2.00 bits per heavy atom. The minimum Gasteiger partial charge on any atom is -0.481 e. The number of likely N-dealkylation sites (tertiary alicyclic amines) is 1. The van der Waals surface area contributed by atoms with E-state index in [4.69, 9.17) is 0 Å². The Labute approximate surface area is 132 Å². The highest BCUT2D eigenvalue weighted by atomic mass is 16.4. The van der Waals surface area contributed by atoms with Crippen LogP contribution in [0.4, 0.5) is 4.79 Å². The van der Waals surface area contributed by atoms with Crippen LogP contribution in [-0.4, -0.2) is 41.6 Å². The Bertz CT molecular complexity index is 447. The molecule has 2 saturated carbocycles. The molecule has 1 heterocycles. The van der Waals surface area contributed by atoms with Gasteiger partial charge in [0.15, 0.2) is 0 Å². The zero-order valence-electron chi connectivity index (χ0n) is 13.5. The second-order valence-electron chi connectivity index (χ2n) is 7.78. The van der Waals surface area contributed by atoms with Crippen molar-refractivity contribution in [3.8, 4) is 0 Å². The summed E-state index contributed by atoms with van der Waals surface area (Å²) in [6, 6.07) is -0.0840. The van der Waals surface area contributed by atoms with Crippen molar-refractivity contribution in [2.75, 3.05) is 19.6 Å². The van der Waals surface area contributed by atoms with E-state index in [9.17, 15) is 14.7 Å². The molecule has 0 radical (unpaired) electrons. The molecule has 0 spiro atoms. The van der Waals surface area contributed by atoms with E-state index in [0.29, 0.717) is 25.4 Å². The molecule has 0 aromatic carbocycles. The van der Waals surface area contributed by atoms with Gasteiger partial charge in [-0.25, -0.2) is 4.79 Å². The highest BCUT2D eigenvalue weighted by molar-refractivity contribution is 5.79. The lowest BCUT2D eigenvalue weighted by Gasteiger charge is -2.22. The molecule has 0 bridgehead atoms. The number of carboxylic acids is 1. The molecule has 3 rings (SSSR count). The van der Waals surface area contributed by atoms with Crippen molar-refractivity contribution in [3.05, 3.63) is 0 Å². The predicted octanol–water partition coefficient (Wildman–Crippen LogP) is 2.71. The molecule has 3 atom stereocenters. The standard InChI is InChI=1S/C17H28N2O3/c1-17(15(20)21)7-8-19(11-17)16(22)18-10-13-9-14(13)12-5-3-2-4-6-12/h12-14H,2-11H2,1H3,(H,18,22)(H,20,21)/t13-,14-,17?/m0/s1. The molecule has 2 aliphatic carbocycles. The molecule has 22 heavy (non-hydrogen) atoms. The zero-order chi connectivity index (χ0) is 15.7. The Kier molecular flexibility index (Phi) is 4.33. The molecule has 3 fully saturated rings. The van der Waals surface area contributed by atoms with Gasteiger partial charge in [-0.3, -0.25) is 4.79 Å². The summed E-state index contributed by atoms with van der Waals surface area (Å²) in [6.45, 7) is 3.36. The third kappa shape index (κ3) is 3.23. The van der Waals surface area contributed by atoms with E-state index in [1.807, 2.05) is 0 Å². The van der Waals surface area contributed by atoms with Crippen molar-refractivity contribution in [2.45, 2.75) is 51.9 Å². The number of carbonyl (C=O) groups is 2. The maximum absolute atomic E-state index is 12.2. The fraction of sp³-hybridized carbons (Fsp3) is 0.882. The first-order chi connectivity index (χ1) is 10.5. The van der Waals surface area contributed by atoms with Gasteiger partial charge in [-0.2, -0.15) is 0 Å². The summed E-state index contributed by atoms with van der Waals surface area (Å²) < 4.78 is 0. The second kappa shape index (κ2) is 6.09. The minimum atomic E-state index is -0.803. The first-order valence-electron chi connectivity index (χ1n) is 8.76. The van der Waals surface area contributed by atoms with Crippen molar-refractivity contribution in [2.24, 2.45) is 23.2 Å². The molecule has 0 aromatic rings. The van der Waals surface area contributed by atoms with Crippen LogP contribution in [0.5, 0.6) is 0 Å². The van der Waals surface area contributed by atoms with Crippen LogP contribution in [0.25, 0.3) is 0 Å². The van der Waals surface area contributed by atoms with E-state index in [1.165, 1.54) is 38.5 Å². The lowest BCUT2D eigenvalue weighted by atomic mass is 9.85. The van der Waals surface area contributed by atoms with E-state index in [2.05, 4.69) is 5.32 Å². The average molecular weight is 308 g/mol. The number of nitrogens with one attached hydrogen (secondary N) is 1. The Hall–Kier alpha value is -1.26. The Morgan fingerprint density at radius 1 is 1.27 bits per heavy atom. The van der Waals surface area contributed by atoms with Crippen LogP contribution in [0.2, 0.25) is 0 Å². The molecule has 2 amide bonds. The Morgan fingerprint density at radius 3 is 2.64 bits per heavy atom. The zero-order valence-corrected chi connectivity index (χ0v) is 13.5. The van der Waals surface area contributed by atoms with E-state index in [1.54, 1.807) is 11.8 Å². The number of hydrogen-bond donors (Lipinski definition) is 2. The van der Waals surface area contributed by atoms with Crippen molar-refractivity contribution in [1.82, 2.24) is 10.2 Å². The number of carbonyl (C=O) groups excluding carboxylic acids is 1. The third-order valence-electron chi connectivity index (χ3n) is 6.02. The molecule has 3 aliphatic rings. The number of hydrogen-bond acceptors (Lipinski definition) is 2. The summed E-state index contributed by atoms with van der Waals surface area (Å²) >= 11 is 0. The summed E-state index contributed by atoms with van der Waals surface area (Å²) in [5.41, 5.74) is -0.776. The second-order valence-corrected chi connectivity index (χ2v) is 7.78. The summed E-state index contributed by atoms with van der Waals surface area (Å²) in [4.78, 5) is 25.1. The van der Waals surface area contributed by atoms with Crippen LogP contribution in [-0.2, 0) is 4.79 Å². The molecule has 5 nitrogen and oxygen atoms in total. The molecular weight excluding hydrogens is 280 g/mol. The molecule has 1 aliphatic heterocycles. The highest BCUT2D eigenvalue weighted by Gasteiger charge is 2.44. The van der Waals surface area contributed by atoms with E-state index >= 15 is 0 Å². The van der Waals surface area contributed by atoms with Gasteiger partial charge in [0.05, 0.1) is 5.41 Å². The summed E-state index contributed by atoms with van der Waals surface area (Å²) in [5, 5.41) is 12.2. The first-order valence-corrected chi connectivity index (χ1v) is 8.76. The maximum Gasteiger partial charge on any atom is 0.317 e. The number of rotatable bonds is 4. The summed E-state index contributed by atoms with van der Waals surface area (Å²) in [5.74, 6) is 1.56. The smallest absolute Gasteiger partial charge is 0.317 e. The summed E-state index contributed by atoms with van der Waals surface area (Å²) in [6.07, 6.45) is 8.70. The molecule has 2 N–H and O–H groups in total. The van der Waals surface area contributed by atoms with Crippen molar-refractivity contribution in [3.63, 3.8) is 0 Å². The molecular formula is C17H28N2O3. The molecule has 1 saturated heterocycles. The van der Waals surface area contributed by atoms with Gasteiger partial charge < -0.3 is 15.3 Å². The molecule has 0 aromatic heterocycles. The van der Waals surface area contributed by atoms with Gasteiger partial charge in [0, 0.05) is 19.6 Å². The number of urea groups is 1. The first kappa shape index (κ1) is 15.6. The third-order valence-corrected chi connectivity index (χ3v) is 6.02. The summed E-state index contributed by atoms with van der Waals surface area (Å²) in [7, 11) is 0. The van der Waals surface area contributed by atoms with Gasteiger partial charge in [-0.15, -0.1) is 0 Å². The fourth-order valence-electron chi connectivity index (χ4n) is 4.28. The van der Waals surface area contributed by atoms with Crippen LogP contribution in [0.15, 0.2) is 0 Å². The normalized spacial score (nSPS) is 35.4. The van der Waals surface area contributed by atoms with E-state index < -0.39 is 11.4 Å². The van der Waals surface area contributed by atoms with E-state index in [0.717, 1.165) is 18.4 Å². The molecule has 1 unspecified atom stereocenters. The number of carboxylic acid groups (broad SMARTS) is 1. The average Bonchev–Trinajstić information content (AvgIpc) is 3.19. The largest absolute Gasteiger partial charge is 0.481 e. The van der Waals surface area contributed by atoms with Gasteiger partial charge in [0.25, 0.3) is 0 Å². The highest BCUT2D eigenvalue weighted by Crippen LogP contribution is 2.48. The van der Waals surface area contributed by atoms with Crippen LogP contribution in [0.3, 0.4) is 0 Å². The van der Waals surface area contributed by atoms with Gasteiger partial charge in [0.1, 0.15) is 0 Å². The minimum absolute atomic E-state index is 0.0840. The van der Waals surface area contributed by atoms with Crippen molar-refractivity contribution < 1.29 is 14.7 Å². The lowest BCUT2D eigenvalue weighted by Crippen LogP contribution is -2.41. The van der Waals surface area contributed by atoms with Gasteiger partial charge in [-0.05, 0) is 37.5 Å². The number of nitrogens with zero attached hydrogens (tertiary/aromatic N) is 1. The Balaban J connectivity index is 1.40. The number of aliphatic carboxylic acids is 1. The van der Waals surface area contributed by atoms with Crippen LogP contribution >= 0.6 is 0 Å². The SMILES string of the molecule is CC1(C(=O)O)CCN(C(=O)NC[C@@H]2C[C@H]2C2CCCCC2)C1. The van der Waals surface area contributed by atoms with Crippen LogP contribution in [0.1, 0.15) is 51.9 Å².